The van der Waals surface area contributed by atoms with E-state index in [2.05, 4.69) is 4.98 Å². The average molecular weight is 537 g/mol. The summed E-state index contributed by atoms with van der Waals surface area (Å²) in [6, 6.07) is 17.9. The van der Waals surface area contributed by atoms with Gasteiger partial charge in [-0.3, -0.25) is 9.78 Å². The Morgan fingerprint density at radius 3 is 2.38 bits per heavy atom. The number of carbonyl (C=O) groups excluding carboxylic acids is 2. The molecule has 0 saturated heterocycles. The smallest absolute Gasteiger partial charge is 0.328 e. The number of rotatable bonds is 11. The summed E-state index contributed by atoms with van der Waals surface area (Å²) in [4.78, 5) is 32.3. The first kappa shape index (κ1) is 27.9. The van der Waals surface area contributed by atoms with Crippen LogP contribution in [0.2, 0.25) is 0 Å². The van der Waals surface area contributed by atoms with Gasteiger partial charge in [0, 0.05) is 29.9 Å². The van der Waals surface area contributed by atoms with Crippen molar-refractivity contribution in [2.24, 2.45) is 0 Å². The number of pyridine rings is 1. The number of carbonyl (C=O) groups is 2. The quantitative estimate of drug-likeness (QED) is 0.192. The molecule has 1 heterocycles. The molecule has 3 aromatic rings. The van der Waals surface area contributed by atoms with Gasteiger partial charge in [0.25, 0.3) is 5.91 Å². The highest BCUT2D eigenvalue weighted by molar-refractivity contribution is 8.24. The summed E-state index contributed by atoms with van der Waals surface area (Å²) in [6.07, 6.45) is 3.68. The molecule has 3 rings (SSSR count). The van der Waals surface area contributed by atoms with Crippen molar-refractivity contribution in [2.45, 2.75) is 12.5 Å². The number of hydrogen-bond donors (Lipinski definition) is 0. The molecule has 37 heavy (non-hydrogen) atoms. The van der Waals surface area contributed by atoms with Crippen molar-refractivity contribution in [3.63, 3.8) is 0 Å². The molecule has 0 aliphatic carbocycles. The Kier molecular flexibility index (Phi) is 10.2. The van der Waals surface area contributed by atoms with E-state index in [1.165, 1.54) is 16.7 Å². The molecule has 1 aromatic heterocycles. The molecule has 2 aromatic carbocycles. The fourth-order valence-corrected chi connectivity index (χ4v) is 4.62. The molecule has 0 spiro atoms. The van der Waals surface area contributed by atoms with Gasteiger partial charge in [0.05, 0.1) is 31.9 Å². The molecular formula is C28H28N2O5S2. The number of thioether (sulfide) groups is 1. The van der Waals surface area contributed by atoms with E-state index in [9.17, 15) is 9.59 Å². The van der Waals surface area contributed by atoms with Gasteiger partial charge < -0.3 is 19.1 Å². The number of amides is 1. The highest BCUT2D eigenvalue weighted by atomic mass is 32.2. The second-order valence-corrected chi connectivity index (χ2v) is 9.33. The van der Waals surface area contributed by atoms with E-state index in [1.54, 1.807) is 33.5 Å². The zero-order chi connectivity index (χ0) is 26.8. The van der Waals surface area contributed by atoms with Crippen LogP contribution in [-0.4, -0.2) is 60.9 Å². The first-order chi connectivity index (χ1) is 17.9. The lowest BCUT2D eigenvalue weighted by atomic mass is 10.0. The van der Waals surface area contributed by atoms with Crippen molar-refractivity contribution >= 4 is 46.6 Å². The fraction of sp³-hybridized carbons (Fsp3) is 0.214. The second kappa shape index (κ2) is 13.6. The largest absolute Gasteiger partial charge is 0.493 e. The number of likely N-dealkylation sites (N-methyl/N-ethyl adjacent to an activating group) is 1. The number of thiocarbonyl (C=S) groups is 1. The Hall–Kier alpha value is -3.69. The molecule has 0 radical (unpaired) electrons. The summed E-state index contributed by atoms with van der Waals surface area (Å²) >= 11 is 6.13. The maximum Gasteiger partial charge on any atom is 0.328 e. The van der Waals surface area contributed by atoms with Crippen molar-refractivity contribution in [3.8, 4) is 22.8 Å². The van der Waals surface area contributed by atoms with Gasteiger partial charge in [-0.1, -0.05) is 66.4 Å². The number of para-hydroxylation sites is 1. The lowest BCUT2D eigenvalue weighted by molar-refractivity contribution is -0.150. The number of benzene rings is 2. The monoisotopic (exact) mass is 536 g/mol. The number of methoxy groups -OCH3 is 3. The van der Waals surface area contributed by atoms with Gasteiger partial charge in [-0.25, -0.2) is 4.79 Å². The van der Waals surface area contributed by atoms with Gasteiger partial charge in [-0.15, -0.1) is 0 Å². The first-order valence-corrected chi connectivity index (χ1v) is 12.7. The molecule has 1 unspecified atom stereocenters. The molecule has 0 saturated carbocycles. The third kappa shape index (κ3) is 6.96. The molecule has 0 bridgehead atoms. The fourth-order valence-electron chi connectivity index (χ4n) is 3.76. The predicted octanol–water partition coefficient (Wildman–Crippen LogP) is 5.04. The van der Waals surface area contributed by atoms with Gasteiger partial charge in [0.2, 0.25) is 0 Å². The maximum absolute atomic E-state index is 13.4. The summed E-state index contributed by atoms with van der Waals surface area (Å²) < 4.78 is 17.3. The van der Waals surface area contributed by atoms with Crippen LogP contribution in [0, 0.1) is 0 Å². The number of esters is 1. The van der Waals surface area contributed by atoms with Crippen LogP contribution in [0.15, 0.2) is 71.8 Å². The van der Waals surface area contributed by atoms with Gasteiger partial charge in [0.15, 0.2) is 11.5 Å². The average Bonchev–Trinajstić information content (AvgIpc) is 2.95. The second-order valence-electron chi connectivity index (χ2n) is 7.89. The van der Waals surface area contributed by atoms with Crippen LogP contribution in [0.25, 0.3) is 17.3 Å². The number of ether oxygens (including phenoxy) is 3. The molecule has 0 aliphatic heterocycles. The molecule has 9 heteroatoms. The van der Waals surface area contributed by atoms with Crippen LogP contribution in [0.5, 0.6) is 11.5 Å². The highest BCUT2D eigenvalue weighted by Gasteiger charge is 2.29. The van der Waals surface area contributed by atoms with Crippen molar-refractivity contribution < 1.29 is 23.8 Å². The summed E-state index contributed by atoms with van der Waals surface area (Å²) in [6.45, 7) is 0. The van der Waals surface area contributed by atoms with Crippen LogP contribution < -0.4 is 9.47 Å². The van der Waals surface area contributed by atoms with E-state index in [4.69, 9.17) is 26.4 Å². The molecule has 1 amide bonds. The summed E-state index contributed by atoms with van der Waals surface area (Å²) in [5, 5.41) is 0. The topological polar surface area (TPSA) is 78.0 Å². The summed E-state index contributed by atoms with van der Waals surface area (Å²) in [7, 11) is 6.05. The standard InChI is InChI=1S/C28H28N2O5S2/c1-30(23(28(32)35-4)15-19-9-6-5-7-10-19)27(31)25(37-18-36)16-20-13-14-22(29-17-20)21-11-8-12-24(33-2)26(21)34-3/h5-14,16-18,23H,15H2,1-4H3/b25-16-. The SMILES string of the molecule is COC(=O)C(Cc1ccccc1)N(C)C(=O)/C(=C/c1ccc(-c2cccc(OC)c2OC)nc1)SC=S. The Balaban J connectivity index is 1.88. The van der Waals surface area contributed by atoms with E-state index in [-0.39, 0.29) is 5.91 Å². The first-order valence-electron chi connectivity index (χ1n) is 11.3. The Labute approximate surface area is 226 Å². The van der Waals surface area contributed by atoms with Crippen LogP contribution in [0.4, 0.5) is 0 Å². The zero-order valence-corrected chi connectivity index (χ0v) is 22.7. The van der Waals surface area contributed by atoms with E-state index < -0.39 is 12.0 Å². The van der Waals surface area contributed by atoms with Crippen molar-refractivity contribution in [2.75, 3.05) is 28.4 Å². The van der Waals surface area contributed by atoms with Crippen molar-refractivity contribution in [3.05, 3.63) is 82.9 Å². The van der Waals surface area contributed by atoms with Crippen molar-refractivity contribution in [1.82, 2.24) is 9.88 Å². The van der Waals surface area contributed by atoms with E-state index in [0.29, 0.717) is 34.1 Å². The van der Waals surface area contributed by atoms with Crippen LogP contribution in [0.1, 0.15) is 11.1 Å². The Bertz CT molecular complexity index is 1260. The molecule has 0 aliphatic rings. The van der Waals surface area contributed by atoms with Crippen LogP contribution in [-0.2, 0) is 20.7 Å². The van der Waals surface area contributed by atoms with Crippen molar-refractivity contribution in [1.29, 1.82) is 0 Å². The lowest BCUT2D eigenvalue weighted by Crippen LogP contribution is -2.44. The number of hydrogen-bond acceptors (Lipinski definition) is 8. The maximum atomic E-state index is 13.4. The lowest BCUT2D eigenvalue weighted by Gasteiger charge is -2.26. The molecule has 7 nitrogen and oxygen atoms in total. The third-order valence-electron chi connectivity index (χ3n) is 5.68. The van der Waals surface area contributed by atoms with E-state index >= 15 is 0 Å². The molecule has 192 valence electrons. The van der Waals surface area contributed by atoms with Gasteiger partial charge >= 0.3 is 5.97 Å². The molecule has 0 N–H and O–H groups in total. The summed E-state index contributed by atoms with van der Waals surface area (Å²) in [5.74, 6) is 0.345. The predicted molar refractivity (Wildman–Crippen MR) is 151 cm³/mol. The Morgan fingerprint density at radius 2 is 1.78 bits per heavy atom. The van der Waals surface area contributed by atoms with Crippen LogP contribution >= 0.6 is 24.0 Å². The minimum absolute atomic E-state index is 0.323. The van der Waals surface area contributed by atoms with Crippen LogP contribution in [0.3, 0.4) is 0 Å². The third-order valence-corrected chi connectivity index (χ3v) is 6.61. The van der Waals surface area contributed by atoms with Gasteiger partial charge in [0.1, 0.15) is 6.04 Å². The molecular weight excluding hydrogens is 508 g/mol. The van der Waals surface area contributed by atoms with Gasteiger partial charge in [-0.2, -0.15) is 0 Å². The van der Waals surface area contributed by atoms with E-state index in [1.807, 2.05) is 60.7 Å². The number of aromatic nitrogens is 1. The summed E-state index contributed by atoms with van der Waals surface area (Å²) in [5.41, 5.74) is 3.08. The minimum atomic E-state index is -0.796. The highest BCUT2D eigenvalue weighted by Crippen LogP contribution is 2.37. The minimum Gasteiger partial charge on any atom is -0.493 e. The molecule has 1 atom stereocenters. The zero-order valence-electron chi connectivity index (χ0n) is 21.0. The normalized spacial score (nSPS) is 11.8. The van der Waals surface area contributed by atoms with Gasteiger partial charge in [-0.05, 0) is 35.4 Å². The number of nitrogens with zero attached hydrogens (tertiary/aromatic N) is 2. The van der Waals surface area contributed by atoms with E-state index in [0.717, 1.165) is 22.9 Å². The molecule has 0 fully saturated rings. The Morgan fingerprint density at radius 1 is 1.03 bits per heavy atom.